The molecule has 1 aromatic rings. The molecule has 0 bridgehead atoms. The summed E-state index contributed by atoms with van der Waals surface area (Å²) in [7, 11) is 0. The molecule has 2 fully saturated rings. The number of nitriles is 1. The summed E-state index contributed by atoms with van der Waals surface area (Å²) in [6, 6.07) is 3.82. The third kappa shape index (κ3) is 3.52. The van der Waals surface area contributed by atoms with Gasteiger partial charge in [-0.3, -0.25) is 25.0 Å². The number of imide groups is 2. The van der Waals surface area contributed by atoms with E-state index in [-0.39, 0.29) is 24.0 Å². The molecule has 33 heavy (non-hydrogen) atoms. The summed E-state index contributed by atoms with van der Waals surface area (Å²) in [5.41, 5.74) is -1.22. The predicted octanol–water partition coefficient (Wildman–Crippen LogP) is 1.61. The highest BCUT2D eigenvalue weighted by Crippen LogP contribution is 2.48. The van der Waals surface area contributed by atoms with Crippen molar-refractivity contribution in [2.45, 2.75) is 50.6 Å². The topological polar surface area (TPSA) is 129 Å². The molecule has 3 aliphatic heterocycles. The van der Waals surface area contributed by atoms with Crippen molar-refractivity contribution in [3.63, 3.8) is 0 Å². The Labute approximate surface area is 185 Å². The maximum Gasteiger partial charge on any atom is 0.416 e. The van der Waals surface area contributed by atoms with E-state index < -0.39 is 66.4 Å². The number of anilines is 1. The Hall–Kier alpha value is -3.46. The molecule has 3 atom stereocenters. The standard InChI is InChI=1S/C21H19F3N4O5/c1-2-14-16-20(17(30)26-19(32)27-18(20)31)8-11-7-10(13(29)5-6-25)3-4-12(11)28(16)9-15(33-14)21(22,23)24/h3-4,7,14-16H,2,5,8-9H2,1H3,(H2,26,27,30,31,32)/t14-,15-,16+/m0/s1. The van der Waals surface area contributed by atoms with Crippen molar-refractivity contribution >= 4 is 29.3 Å². The summed E-state index contributed by atoms with van der Waals surface area (Å²) in [5.74, 6) is -2.40. The van der Waals surface area contributed by atoms with Gasteiger partial charge in [0, 0.05) is 11.3 Å². The first-order chi connectivity index (χ1) is 15.5. The molecule has 1 spiro atoms. The molecule has 12 heteroatoms. The second-order valence-electron chi connectivity index (χ2n) is 8.20. The number of urea groups is 1. The van der Waals surface area contributed by atoms with Gasteiger partial charge in [0.2, 0.25) is 11.8 Å². The van der Waals surface area contributed by atoms with Crippen molar-refractivity contribution in [3.8, 4) is 6.07 Å². The van der Waals surface area contributed by atoms with Gasteiger partial charge in [0.05, 0.1) is 31.2 Å². The molecule has 2 N–H and O–H groups in total. The molecule has 0 aliphatic carbocycles. The molecule has 3 aliphatic rings. The Morgan fingerprint density at radius 1 is 1.27 bits per heavy atom. The lowest BCUT2D eigenvalue weighted by molar-refractivity contribution is -0.245. The molecule has 0 radical (unpaired) electrons. The number of barbiturate groups is 1. The van der Waals surface area contributed by atoms with Crippen molar-refractivity contribution in [1.82, 2.24) is 10.6 Å². The number of carbonyl (C=O) groups is 4. The lowest BCUT2D eigenvalue weighted by atomic mass is 9.66. The molecule has 0 unspecified atom stereocenters. The summed E-state index contributed by atoms with van der Waals surface area (Å²) >= 11 is 0. The number of halogens is 3. The quantitative estimate of drug-likeness (QED) is 0.514. The molecular formula is C21H19F3N4O5. The van der Waals surface area contributed by atoms with Gasteiger partial charge in [-0.05, 0) is 36.6 Å². The van der Waals surface area contributed by atoms with Crippen LogP contribution < -0.4 is 15.5 Å². The van der Waals surface area contributed by atoms with Crippen molar-refractivity contribution in [1.29, 1.82) is 5.26 Å². The Balaban J connectivity index is 1.90. The molecule has 4 rings (SSSR count). The van der Waals surface area contributed by atoms with Gasteiger partial charge in [-0.25, -0.2) is 4.79 Å². The first-order valence-electron chi connectivity index (χ1n) is 10.2. The minimum Gasteiger partial charge on any atom is -0.361 e. The molecule has 174 valence electrons. The zero-order valence-corrected chi connectivity index (χ0v) is 17.4. The lowest BCUT2D eigenvalue weighted by Crippen LogP contribution is -2.76. The smallest absolute Gasteiger partial charge is 0.361 e. The van der Waals surface area contributed by atoms with Crippen molar-refractivity contribution in [2.75, 3.05) is 11.4 Å². The number of amides is 4. The second-order valence-corrected chi connectivity index (χ2v) is 8.20. The molecule has 4 amide bonds. The number of hydrogen-bond acceptors (Lipinski definition) is 7. The van der Waals surface area contributed by atoms with E-state index in [1.165, 1.54) is 23.1 Å². The van der Waals surface area contributed by atoms with Gasteiger partial charge in [-0.15, -0.1) is 0 Å². The molecule has 3 heterocycles. The summed E-state index contributed by atoms with van der Waals surface area (Å²) in [5, 5.41) is 12.9. The van der Waals surface area contributed by atoms with Gasteiger partial charge in [-0.2, -0.15) is 18.4 Å². The number of carbonyl (C=O) groups excluding carboxylic acids is 4. The number of hydrogen-bond donors (Lipinski definition) is 2. The maximum atomic E-state index is 13.6. The van der Waals surface area contributed by atoms with E-state index in [0.29, 0.717) is 5.69 Å². The highest BCUT2D eigenvalue weighted by atomic mass is 19.4. The average molecular weight is 464 g/mol. The van der Waals surface area contributed by atoms with Crippen LogP contribution in [0.5, 0.6) is 0 Å². The Kier molecular flexibility index (Phi) is 5.40. The Morgan fingerprint density at radius 3 is 2.52 bits per heavy atom. The van der Waals surface area contributed by atoms with Crippen LogP contribution in [0.3, 0.4) is 0 Å². The number of fused-ring (bicyclic) bond motifs is 4. The first-order valence-corrected chi connectivity index (χ1v) is 10.2. The largest absolute Gasteiger partial charge is 0.416 e. The van der Waals surface area contributed by atoms with Gasteiger partial charge >= 0.3 is 12.2 Å². The van der Waals surface area contributed by atoms with Gasteiger partial charge < -0.3 is 9.64 Å². The molecule has 2 saturated heterocycles. The van der Waals surface area contributed by atoms with Crippen LogP contribution in [0.15, 0.2) is 18.2 Å². The van der Waals surface area contributed by atoms with E-state index in [9.17, 15) is 32.3 Å². The number of benzene rings is 1. The van der Waals surface area contributed by atoms with Gasteiger partial charge in [0.25, 0.3) is 0 Å². The highest BCUT2D eigenvalue weighted by molar-refractivity contribution is 6.20. The van der Waals surface area contributed by atoms with Gasteiger partial charge in [0.1, 0.15) is 0 Å². The fraction of sp³-hybridized carbons (Fsp3) is 0.476. The van der Waals surface area contributed by atoms with Crippen LogP contribution in [0.25, 0.3) is 0 Å². The lowest BCUT2D eigenvalue weighted by Gasteiger charge is -2.56. The van der Waals surface area contributed by atoms with E-state index in [1.807, 2.05) is 0 Å². The van der Waals surface area contributed by atoms with E-state index in [2.05, 4.69) is 10.6 Å². The third-order valence-electron chi connectivity index (χ3n) is 6.35. The van der Waals surface area contributed by atoms with Crippen LogP contribution >= 0.6 is 0 Å². The predicted molar refractivity (Wildman–Crippen MR) is 105 cm³/mol. The minimum absolute atomic E-state index is 0.0675. The molecule has 1 aromatic carbocycles. The highest BCUT2D eigenvalue weighted by Gasteiger charge is 2.65. The minimum atomic E-state index is -4.70. The third-order valence-corrected chi connectivity index (χ3v) is 6.35. The fourth-order valence-corrected chi connectivity index (χ4v) is 4.91. The molecule has 0 saturated carbocycles. The van der Waals surface area contributed by atoms with Crippen LogP contribution in [0.1, 0.15) is 35.7 Å². The first kappa shape index (κ1) is 22.7. The second kappa shape index (κ2) is 7.84. The Bertz CT molecular complexity index is 1080. The van der Waals surface area contributed by atoms with Gasteiger partial charge in [-0.1, -0.05) is 6.92 Å². The van der Waals surface area contributed by atoms with Crippen molar-refractivity contribution in [2.24, 2.45) is 5.41 Å². The number of nitrogens with zero attached hydrogens (tertiary/aromatic N) is 2. The summed E-state index contributed by atoms with van der Waals surface area (Å²) in [6.07, 6.45) is -8.62. The molecule has 9 nitrogen and oxygen atoms in total. The summed E-state index contributed by atoms with van der Waals surface area (Å²) in [4.78, 5) is 51.5. The van der Waals surface area contributed by atoms with Crippen molar-refractivity contribution in [3.05, 3.63) is 29.3 Å². The van der Waals surface area contributed by atoms with Crippen LogP contribution in [-0.4, -0.2) is 54.6 Å². The van der Waals surface area contributed by atoms with Crippen LogP contribution in [0, 0.1) is 16.7 Å². The number of ketones is 1. The van der Waals surface area contributed by atoms with E-state index in [0.717, 1.165) is 0 Å². The van der Waals surface area contributed by atoms with E-state index in [1.54, 1.807) is 13.0 Å². The number of Topliss-reactive ketones (excluding diaryl/α,β-unsaturated/α-hetero) is 1. The number of ether oxygens (including phenoxy) is 1. The zero-order valence-electron chi connectivity index (χ0n) is 17.4. The number of rotatable bonds is 3. The summed E-state index contributed by atoms with van der Waals surface area (Å²) in [6.45, 7) is 0.900. The van der Waals surface area contributed by atoms with Crippen LogP contribution in [-0.2, 0) is 20.7 Å². The monoisotopic (exact) mass is 464 g/mol. The van der Waals surface area contributed by atoms with Crippen molar-refractivity contribution < 1.29 is 37.1 Å². The molecule has 0 aromatic heterocycles. The van der Waals surface area contributed by atoms with E-state index in [4.69, 9.17) is 10.00 Å². The van der Waals surface area contributed by atoms with Crippen LogP contribution in [0.2, 0.25) is 0 Å². The molecular weight excluding hydrogens is 445 g/mol. The average Bonchev–Trinajstić information content (AvgIpc) is 2.75. The normalized spacial score (nSPS) is 26.1. The fourth-order valence-electron chi connectivity index (χ4n) is 4.91. The SMILES string of the molecule is CC[C@@H]1O[C@H](C(F)(F)F)CN2c3ccc(C(=O)CC#N)cc3CC3(C(=O)NC(=O)NC3=O)[C@@H]12. The summed E-state index contributed by atoms with van der Waals surface area (Å²) < 4.78 is 46.3. The maximum absolute atomic E-state index is 13.6. The Morgan fingerprint density at radius 2 is 1.94 bits per heavy atom. The number of morpholine rings is 1. The van der Waals surface area contributed by atoms with E-state index >= 15 is 0 Å². The zero-order chi connectivity index (χ0) is 24.1. The van der Waals surface area contributed by atoms with Gasteiger partial charge in [0.15, 0.2) is 17.3 Å². The number of nitrogens with one attached hydrogen (secondary N) is 2. The van der Waals surface area contributed by atoms with Crippen LogP contribution in [0.4, 0.5) is 23.7 Å². The number of alkyl halides is 3.